The van der Waals surface area contributed by atoms with Crippen molar-refractivity contribution in [3.05, 3.63) is 30.0 Å². The monoisotopic (exact) mass is 392 g/mol. The zero-order valence-corrected chi connectivity index (χ0v) is 17.3. The normalized spacial score (nSPS) is 11.5. The van der Waals surface area contributed by atoms with Crippen LogP contribution in [0.2, 0.25) is 0 Å². The number of benzene rings is 1. The lowest BCUT2D eigenvalue weighted by Gasteiger charge is -2.18. The van der Waals surface area contributed by atoms with Gasteiger partial charge in [0.05, 0.1) is 12.6 Å². The van der Waals surface area contributed by atoms with Gasteiger partial charge in [-0.1, -0.05) is 0 Å². The maximum absolute atomic E-state index is 12.5. The average molecular weight is 392 g/mol. The van der Waals surface area contributed by atoms with E-state index >= 15 is 0 Å². The molecule has 1 aromatic carbocycles. The van der Waals surface area contributed by atoms with Crippen molar-refractivity contribution < 1.29 is 28.5 Å². The smallest absolute Gasteiger partial charge is 0.497 e. The van der Waals surface area contributed by atoms with Crippen molar-refractivity contribution in [3.63, 3.8) is 0 Å². The molecule has 0 N–H and O–H groups in total. The minimum Gasteiger partial charge on any atom is -0.497 e. The van der Waals surface area contributed by atoms with Gasteiger partial charge in [0.25, 0.3) is 0 Å². The Morgan fingerprint density at radius 3 is 2.46 bits per heavy atom. The van der Waals surface area contributed by atoms with Crippen LogP contribution in [0.4, 0.5) is 9.59 Å². The SMILES string of the molecule is COc1ccc2c(c1)c(CCN(C)C)cn2C(=O)OCOC(=O)OC(C)(C)C. The largest absolute Gasteiger partial charge is 0.511 e. The molecule has 1 heterocycles. The van der Waals surface area contributed by atoms with Gasteiger partial charge in [-0.2, -0.15) is 0 Å². The molecule has 0 spiro atoms. The van der Waals surface area contributed by atoms with E-state index in [0.29, 0.717) is 11.3 Å². The highest BCUT2D eigenvalue weighted by molar-refractivity contribution is 5.92. The first-order chi connectivity index (χ1) is 13.1. The highest BCUT2D eigenvalue weighted by Gasteiger charge is 2.19. The highest BCUT2D eigenvalue weighted by atomic mass is 16.8. The quantitative estimate of drug-likeness (QED) is 0.548. The first kappa shape index (κ1) is 21.6. The van der Waals surface area contributed by atoms with Gasteiger partial charge in [-0.25, -0.2) is 9.59 Å². The fourth-order valence-electron chi connectivity index (χ4n) is 2.58. The number of nitrogens with zero attached hydrogens (tertiary/aromatic N) is 2. The first-order valence-corrected chi connectivity index (χ1v) is 8.96. The van der Waals surface area contributed by atoms with Gasteiger partial charge in [0.1, 0.15) is 11.4 Å². The summed E-state index contributed by atoms with van der Waals surface area (Å²) in [4.78, 5) is 26.1. The van der Waals surface area contributed by atoms with Crippen LogP contribution in [0, 0.1) is 0 Å². The molecule has 0 atom stereocenters. The molecule has 0 saturated carbocycles. The summed E-state index contributed by atoms with van der Waals surface area (Å²) in [6.45, 7) is 5.45. The number of fused-ring (bicyclic) bond motifs is 1. The van der Waals surface area contributed by atoms with Crippen LogP contribution in [0.25, 0.3) is 10.9 Å². The van der Waals surface area contributed by atoms with E-state index < -0.39 is 24.6 Å². The number of hydrogen-bond acceptors (Lipinski definition) is 7. The Labute approximate surface area is 164 Å². The molecule has 0 aliphatic carbocycles. The molecule has 0 radical (unpaired) electrons. The topological polar surface area (TPSA) is 79.2 Å². The van der Waals surface area contributed by atoms with Gasteiger partial charge in [0.15, 0.2) is 0 Å². The van der Waals surface area contributed by atoms with Crippen LogP contribution in [0.3, 0.4) is 0 Å². The summed E-state index contributed by atoms with van der Waals surface area (Å²) < 4.78 is 21.6. The van der Waals surface area contributed by atoms with Gasteiger partial charge in [-0.05, 0) is 65.0 Å². The number of rotatable bonds is 6. The molecule has 0 aliphatic heterocycles. The van der Waals surface area contributed by atoms with E-state index in [1.165, 1.54) is 4.57 Å². The van der Waals surface area contributed by atoms with E-state index in [4.69, 9.17) is 18.9 Å². The van der Waals surface area contributed by atoms with Crippen LogP contribution < -0.4 is 4.74 Å². The van der Waals surface area contributed by atoms with Gasteiger partial charge in [-0.3, -0.25) is 4.57 Å². The van der Waals surface area contributed by atoms with E-state index in [1.807, 2.05) is 20.2 Å². The van der Waals surface area contributed by atoms with Crippen LogP contribution >= 0.6 is 0 Å². The van der Waals surface area contributed by atoms with E-state index in [1.54, 1.807) is 46.2 Å². The molecule has 0 amide bonds. The Hall–Kier alpha value is -2.74. The molecule has 8 heteroatoms. The zero-order chi connectivity index (χ0) is 20.9. The molecule has 2 rings (SSSR count). The van der Waals surface area contributed by atoms with Crippen LogP contribution in [0.5, 0.6) is 5.75 Å². The molecule has 0 saturated heterocycles. The Kier molecular flexibility index (Phi) is 6.90. The van der Waals surface area contributed by atoms with Crippen molar-refractivity contribution in [1.82, 2.24) is 9.47 Å². The Morgan fingerprint density at radius 2 is 1.86 bits per heavy atom. The molecule has 0 fully saturated rings. The molecule has 1 aromatic heterocycles. The summed E-state index contributed by atoms with van der Waals surface area (Å²) in [5.74, 6) is 0.706. The summed E-state index contributed by atoms with van der Waals surface area (Å²) in [6, 6.07) is 5.46. The van der Waals surface area contributed by atoms with Gasteiger partial charge in [0, 0.05) is 18.1 Å². The summed E-state index contributed by atoms with van der Waals surface area (Å²) in [5, 5.41) is 0.909. The van der Waals surface area contributed by atoms with Gasteiger partial charge in [-0.15, -0.1) is 0 Å². The molecule has 0 aliphatic rings. The van der Waals surface area contributed by atoms with Crippen molar-refractivity contribution in [2.45, 2.75) is 32.8 Å². The summed E-state index contributed by atoms with van der Waals surface area (Å²) in [5.41, 5.74) is 1.00. The molecular formula is C20H28N2O6. The number of carbonyl (C=O) groups excluding carboxylic acids is 2. The van der Waals surface area contributed by atoms with Gasteiger partial charge >= 0.3 is 12.2 Å². The van der Waals surface area contributed by atoms with Crippen molar-refractivity contribution in [2.75, 3.05) is 34.5 Å². The van der Waals surface area contributed by atoms with E-state index in [0.717, 1.165) is 23.9 Å². The van der Waals surface area contributed by atoms with Crippen LogP contribution in [0.1, 0.15) is 26.3 Å². The number of likely N-dealkylation sites (N-methyl/N-ethyl adjacent to an activating group) is 1. The lowest BCUT2D eigenvalue weighted by Crippen LogP contribution is -2.25. The van der Waals surface area contributed by atoms with E-state index in [2.05, 4.69) is 4.90 Å². The molecular weight excluding hydrogens is 364 g/mol. The molecule has 0 unspecified atom stereocenters. The van der Waals surface area contributed by atoms with Crippen molar-refractivity contribution in [1.29, 1.82) is 0 Å². The van der Waals surface area contributed by atoms with E-state index in [9.17, 15) is 9.59 Å². The lowest BCUT2D eigenvalue weighted by molar-refractivity contribution is -0.0464. The number of hydrogen-bond donors (Lipinski definition) is 0. The van der Waals surface area contributed by atoms with Crippen molar-refractivity contribution in [2.24, 2.45) is 0 Å². The van der Waals surface area contributed by atoms with Crippen LogP contribution in [0.15, 0.2) is 24.4 Å². The van der Waals surface area contributed by atoms with Gasteiger partial charge in [0.2, 0.25) is 6.79 Å². The predicted octanol–water partition coefficient (Wildman–Crippen LogP) is 3.65. The third-order valence-corrected chi connectivity index (χ3v) is 3.87. The fraction of sp³-hybridized carbons (Fsp3) is 0.500. The van der Waals surface area contributed by atoms with Crippen molar-refractivity contribution in [3.8, 4) is 5.75 Å². The number of carbonyl (C=O) groups is 2. The minimum atomic E-state index is -0.894. The highest BCUT2D eigenvalue weighted by Crippen LogP contribution is 2.27. The third kappa shape index (κ3) is 5.88. The Bertz CT molecular complexity index is 835. The number of aromatic nitrogens is 1. The second-order valence-electron chi connectivity index (χ2n) is 7.60. The maximum Gasteiger partial charge on any atom is 0.511 e. The number of ether oxygens (including phenoxy) is 4. The molecule has 2 aromatic rings. The molecule has 154 valence electrons. The standard InChI is InChI=1S/C20H28N2O6/c1-20(2,3)28-19(24)27-13-26-18(23)22-12-14(9-10-21(4)5)16-11-15(25-6)7-8-17(16)22/h7-8,11-12H,9-10,13H2,1-6H3. The maximum atomic E-state index is 12.5. The Balaban J connectivity index is 2.14. The summed E-state index contributed by atoms with van der Waals surface area (Å²) in [7, 11) is 5.57. The minimum absolute atomic E-state index is 0.531. The third-order valence-electron chi connectivity index (χ3n) is 3.87. The molecule has 28 heavy (non-hydrogen) atoms. The number of methoxy groups -OCH3 is 1. The molecule has 8 nitrogen and oxygen atoms in total. The lowest BCUT2D eigenvalue weighted by atomic mass is 10.1. The summed E-state index contributed by atoms with van der Waals surface area (Å²) >= 11 is 0. The van der Waals surface area contributed by atoms with Crippen LogP contribution in [-0.2, 0) is 20.6 Å². The first-order valence-electron chi connectivity index (χ1n) is 8.96. The molecule has 0 bridgehead atoms. The van der Waals surface area contributed by atoms with E-state index in [-0.39, 0.29) is 0 Å². The summed E-state index contributed by atoms with van der Waals surface area (Å²) in [6.07, 6.45) is 0.957. The van der Waals surface area contributed by atoms with Gasteiger partial charge < -0.3 is 23.8 Å². The predicted molar refractivity (Wildman–Crippen MR) is 105 cm³/mol. The van der Waals surface area contributed by atoms with Crippen LogP contribution in [-0.4, -0.2) is 61.9 Å². The zero-order valence-electron chi connectivity index (χ0n) is 17.3. The average Bonchev–Trinajstić information content (AvgIpc) is 2.96. The van der Waals surface area contributed by atoms with Crippen molar-refractivity contribution >= 4 is 23.2 Å². The fourth-order valence-corrected chi connectivity index (χ4v) is 2.58. The Morgan fingerprint density at radius 1 is 1.14 bits per heavy atom. The second kappa shape index (κ2) is 8.97. The second-order valence-corrected chi connectivity index (χ2v) is 7.60.